The van der Waals surface area contributed by atoms with Gasteiger partial charge in [-0.2, -0.15) is 0 Å². The quantitative estimate of drug-likeness (QED) is 0.314. The number of anilines is 2. The topological polar surface area (TPSA) is 101 Å². The molecule has 0 atom stereocenters. The zero-order chi connectivity index (χ0) is 26.5. The molecule has 1 aliphatic heterocycles. The second-order valence-electron chi connectivity index (χ2n) is 9.61. The summed E-state index contributed by atoms with van der Waals surface area (Å²) in [5.41, 5.74) is 1.31. The first-order valence-electron chi connectivity index (χ1n) is 13.0. The van der Waals surface area contributed by atoms with Gasteiger partial charge in [0.25, 0.3) is 0 Å². The summed E-state index contributed by atoms with van der Waals surface area (Å²) in [6, 6.07) is 8.65. The van der Waals surface area contributed by atoms with Crippen LogP contribution in [0.2, 0.25) is 5.02 Å². The highest BCUT2D eigenvalue weighted by atomic mass is 35.5. The van der Waals surface area contributed by atoms with Crippen LogP contribution in [-0.2, 0) is 0 Å². The third-order valence-electron chi connectivity index (χ3n) is 7.05. The molecule has 2 amide bonds. The number of rotatable bonds is 10. The Morgan fingerprint density at radius 2 is 2.00 bits per heavy atom. The first-order valence-corrected chi connectivity index (χ1v) is 13.4. The van der Waals surface area contributed by atoms with Gasteiger partial charge in [0.05, 0.1) is 23.8 Å². The average Bonchev–Trinajstić information content (AvgIpc) is 3.34. The van der Waals surface area contributed by atoms with Crippen molar-refractivity contribution >= 4 is 40.0 Å². The van der Waals surface area contributed by atoms with Crippen molar-refractivity contribution in [1.82, 2.24) is 25.5 Å². The van der Waals surface area contributed by atoms with Gasteiger partial charge in [-0.15, -0.1) is 0 Å². The second kappa shape index (κ2) is 12.0. The van der Waals surface area contributed by atoms with Crippen LogP contribution >= 0.6 is 11.6 Å². The van der Waals surface area contributed by atoms with E-state index in [2.05, 4.69) is 25.9 Å². The maximum atomic E-state index is 13.6. The number of nitrogens with zero attached hydrogens (tertiary/aromatic N) is 3. The van der Waals surface area contributed by atoms with Crippen LogP contribution in [0.5, 0.6) is 11.5 Å². The fourth-order valence-corrected chi connectivity index (χ4v) is 5.17. The summed E-state index contributed by atoms with van der Waals surface area (Å²) in [5, 5.41) is 10.5. The molecule has 2 aliphatic rings. The van der Waals surface area contributed by atoms with E-state index in [1.807, 2.05) is 17.0 Å². The Balaban J connectivity index is 1.20. The van der Waals surface area contributed by atoms with Crippen molar-refractivity contribution in [2.45, 2.75) is 44.2 Å². The Labute approximate surface area is 226 Å². The molecule has 5 rings (SSSR count). The lowest BCUT2D eigenvalue weighted by Gasteiger charge is -2.30. The van der Waals surface area contributed by atoms with E-state index in [0.29, 0.717) is 34.6 Å². The maximum absolute atomic E-state index is 13.6. The highest BCUT2D eigenvalue weighted by Crippen LogP contribution is 2.37. The Morgan fingerprint density at radius 1 is 1.16 bits per heavy atom. The van der Waals surface area contributed by atoms with E-state index in [4.69, 9.17) is 21.1 Å². The van der Waals surface area contributed by atoms with Crippen molar-refractivity contribution in [2.75, 3.05) is 38.6 Å². The van der Waals surface area contributed by atoms with Crippen LogP contribution in [0.1, 0.15) is 32.1 Å². The third kappa shape index (κ3) is 6.19. The fraction of sp³-hybridized carbons (Fsp3) is 0.444. The highest BCUT2D eigenvalue weighted by Gasteiger charge is 2.24. The van der Waals surface area contributed by atoms with E-state index in [-0.39, 0.29) is 17.2 Å². The van der Waals surface area contributed by atoms with Gasteiger partial charge in [-0.25, -0.2) is 19.2 Å². The molecule has 9 nitrogen and oxygen atoms in total. The molecule has 202 valence electrons. The molecule has 0 bridgehead atoms. The lowest BCUT2D eigenvalue weighted by molar-refractivity contribution is 0.135. The van der Waals surface area contributed by atoms with Crippen LogP contribution in [0.15, 0.2) is 36.7 Å². The van der Waals surface area contributed by atoms with Gasteiger partial charge < -0.3 is 30.3 Å². The minimum atomic E-state index is -0.480. The van der Waals surface area contributed by atoms with Crippen molar-refractivity contribution in [2.24, 2.45) is 0 Å². The summed E-state index contributed by atoms with van der Waals surface area (Å²) >= 11 is 5.94. The van der Waals surface area contributed by atoms with Crippen LogP contribution in [-0.4, -0.2) is 66.3 Å². The molecule has 3 aromatic rings. The van der Waals surface area contributed by atoms with Gasteiger partial charge >= 0.3 is 6.03 Å². The lowest BCUT2D eigenvalue weighted by Crippen LogP contribution is -2.38. The van der Waals surface area contributed by atoms with Gasteiger partial charge in [0.1, 0.15) is 18.0 Å². The summed E-state index contributed by atoms with van der Waals surface area (Å²) in [5.74, 6) is 1.32. The van der Waals surface area contributed by atoms with Crippen molar-refractivity contribution in [3.8, 4) is 11.5 Å². The zero-order valence-corrected chi connectivity index (χ0v) is 22.1. The second-order valence-corrected chi connectivity index (χ2v) is 10.0. The van der Waals surface area contributed by atoms with Crippen LogP contribution in [0.25, 0.3) is 10.9 Å². The molecular weight excluding hydrogens is 511 g/mol. The SMILES string of the molecule is COc1cc2ncnc(Nc3ccc(F)c(Cl)c3)c2cc1OC1CCC(NCCCN2CCNC2=O)CC1. The van der Waals surface area contributed by atoms with Crippen LogP contribution in [0.3, 0.4) is 0 Å². The number of hydrogen-bond acceptors (Lipinski definition) is 7. The van der Waals surface area contributed by atoms with Gasteiger partial charge in [0.2, 0.25) is 0 Å². The van der Waals surface area contributed by atoms with Crippen molar-refractivity contribution in [3.05, 3.63) is 47.5 Å². The van der Waals surface area contributed by atoms with E-state index in [1.165, 1.54) is 18.5 Å². The van der Waals surface area contributed by atoms with E-state index >= 15 is 0 Å². The Morgan fingerprint density at radius 3 is 2.74 bits per heavy atom. The van der Waals surface area contributed by atoms with Crippen molar-refractivity contribution in [1.29, 1.82) is 0 Å². The number of amides is 2. The molecule has 2 aromatic carbocycles. The number of halogens is 2. The lowest BCUT2D eigenvalue weighted by atomic mass is 9.93. The highest BCUT2D eigenvalue weighted by molar-refractivity contribution is 6.31. The number of nitrogens with one attached hydrogen (secondary N) is 3. The summed E-state index contributed by atoms with van der Waals surface area (Å²) in [6.45, 7) is 3.22. The van der Waals surface area contributed by atoms with Gasteiger partial charge in [-0.1, -0.05) is 11.6 Å². The number of ether oxygens (including phenoxy) is 2. The van der Waals surface area contributed by atoms with Gasteiger partial charge in [-0.3, -0.25) is 0 Å². The number of aromatic nitrogens is 2. The molecule has 0 unspecified atom stereocenters. The van der Waals surface area contributed by atoms with E-state index in [9.17, 15) is 9.18 Å². The number of fused-ring (bicyclic) bond motifs is 1. The molecule has 2 heterocycles. The van der Waals surface area contributed by atoms with Crippen LogP contribution < -0.4 is 25.4 Å². The first kappa shape index (κ1) is 26.2. The number of carbonyl (C=O) groups is 1. The molecule has 1 saturated carbocycles. The molecule has 38 heavy (non-hydrogen) atoms. The molecule has 1 saturated heterocycles. The molecule has 11 heteroatoms. The zero-order valence-electron chi connectivity index (χ0n) is 21.3. The summed E-state index contributed by atoms with van der Waals surface area (Å²) in [6.07, 6.45) is 6.38. The Kier molecular flexibility index (Phi) is 8.29. The standard InChI is InChI=1S/C27H32ClFN6O3/c1-37-24-15-23-20(26(33-16-32-23)34-18-5-8-22(29)21(28)13-18)14-25(24)38-19-6-3-17(4-7-19)30-9-2-11-35-12-10-31-27(35)36/h5,8,13-17,19,30H,2-4,6-7,9-12H2,1H3,(H,31,36)(H,32,33,34). The third-order valence-corrected chi connectivity index (χ3v) is 7.34. The number of carbonyl (C=O) groups excluding carboxylic acids is 1. The molecule has 0 spiro atoms. The predicted molar refractivity (Wildman–Crippen MR) is 145 cm³/mol. The fourth-order valence-electron chi connectivity index (χ4n) is 4.99. The van der Waals surface area contributed by atoms with E-state index in [0.717, 1.165) is 63.7 Å². The minimum Gasteiger partial charge on any atom is -0.493 e. The Hall–Kier alpha value is -3.37. The summed E-state index contributed by atoms with van der Waals surface area (Å²) in [7, 11) is 1.61. The van der Waals surface area contributed by atoms with Gasteiger partial charge in [0, 0.05) is 42.8 Å². The molecule has 1 aliphatic carbocycles. The maximum Gasteiger partial charge on any atom is 0.317 e. The number of methoxy groups -OCH3 is 1. The smallest absolute Gasteiger partial charge is 0.317 e. The predicted octanol–water partition coefficient (Wildman–Crippen LogP) is 4.87. The normalized spacial score (nSPS) is 19.4. The molecular formula is C27H32ClFN6O3. The number of hydrogen-bond donors (Lipinski definition) is 3. The van der Waals surface area contributed by atoms with Crippen LogP contribution in [0.4, 0.5) is 20.7 Å². The monoisotopic (exact) mass is 542 g/mol. The minimum absolute atomic E-state index is 0.0307. The van der Waals surface area contributed by atoms with Gasteiger partial charge in [-0.05, 0) is 62.9 Å². The molecule has 2 fully saturated rings. The number of benzene rings is 2. The average molecular weight is 543 g/mol. The van der Waals surface area contributed by atoms with Crippen molar-refractivity contribution in [3.63, 3.8) is 0 Å². The van der Waals surface area contributed by atoms with Crippen LogP contribution in [0, 0.1) is 5.82 Å². The Bertz CT molecular complexity index is 1290. The summed E-state index contributed by atoms with van der Waals surface area (Å²) in [4.78, 5) is 22.3. The van der Waals surface area contributed by atoms with E-state index < -0.39 is 5.82 Å². The first-order chi connectivity index (χ1) is 18.5. The van der Waals surface area contributed by atoms with E-state index in [1.54, 1.807) is 13.2 Å². The molecule has 0 radical (unpaired) electrons. The largest absolute Gasteiger partial charge is 0.493 e. The summed E-state index contributed by atoms with van der Waals surface area (Å²) < 4.78 is 25.6. The number of urea groups is 1. The van der Waals surface area contributed by atoms with Crippen molar-refractivity contribution < 1.29 is 18.7 Å². The van der Waals surface area contributed by atoms with Gasteiger partial charge in [0.15, 0.2) is 11.5 Å². The molecule has 1 aromatic heterocycles. The molecule has 3 N–H and O–H groups in total.